The Kier molecular flexibility index (Phi) is 39.9. The van der Waals surface area contributed by atoms with E-state index in [-0.39, 0.29) is 0 Å². The number of aryl methyl sites for hydroxylation is 4. The summed E-state index contributed by atoms with van der Waals surface area (Å²) in [5.74, 6) is 1.77. The summed E-state index contributed by atoms with van der Waals surface area (Å²) in [4.78, 5) is 6.88. The molecule has 0 fully saturated rings. The zero-order valence-corrected chi connectivity index (χ0v) is 64.8. The fraction of sp³-hybridized carbons (Fsp3) is 0.242. The first-order chi connectivity index (χ1) is 49.3. The van der Waals surface area contributed by atoms with Gasteiger partial charge in [0.05, 0.1) is 22.4 Å². The topological polar surface area (TPSA) is 23.9 Å². The van der Waals surface area contributed by atoms with Crippen molar-refractivity contribution in [1.82, 2.24) is 4.57 Å². The summed E-state index contributed by atoms with van der Waals surface area (Å²) < 4.78 is 8.35. The van der Waals surface area contributed by atoms with Gasteiger partial charge in [0.2, 0.25) is 0 Å². The summed E-state index contributed by atoms with van der Waals surface area (Å²) in [6.07, 6.45) is 1.01. The molecule has 15 rings (SSSR count). The second-order valence-electron chi connectivity index (χ2n) is 20.9. The molecule has 0 bridgehead atoms. The molecule has 0 spiro atoms. The molecule has 2 aliphatic heterocycles. The number of anilines is 9. The lowest BCUT2D eigenvalue weighted by molar-refractivity contribution is 0.477. The molecule has 0 N–H and O–H groups in total. The van der Waals surface area contributed by atoms with E-state index < -0.39 is 0 Å². The molecule has 2 aliphatic rings. The van der Waals surface area contributed by atoms with E-state index in [9.17, 15) is 0 Å². The Balaban J connectivity index is 0.000000322. The van der Waals surface area contributed by atoms with Crippen molar-refractivity contribution in [3.63, 3.8) is 0 Å². The molecule has 0 radical (unpaired) electrons. The van der Waals surface area contributed by atoms with Gasteiger partial charge in [-0.05, 0) is 160 Å². The quantitative estimate of drug-likeness (QED) is 0.166. The van der Waals surface area contributed by atoms with Gasteiger partial charge in [0.25, 0.3) is 0 Å². The molecular formula is C95H118N4O. The zero-order chi connectivity index (χ0) is 73.8. The van der Waals surface area contributed by atoms with Gasteiger partial charge in [0, 0.05) is 62.7 Å². The summed E-state index contributed by atoms with van der Waals surface area (Å²) in [5.41, 5.74) is 22.2. The second-order valence-corrected chi connectivity index (χ2v) is 20.9. The zero-order valence-electron chi connectivity index (χ0n) is 64.8. The van der Waals surface area contributed by atoms with Crippen LogP contribution >= 0.6 is 0 Å². The number of fused-ring (bicyclic) bond motifs is 7. The number of aromatic nitrogens is 1. The van der Waals surface area contributed by atoms with Gasteiger partial charge in [-0.1, -0.05) is 329 Å². The highest BCUT2D eigenvalue weighted by atomic mass is 16.5. The van der Waals surface area contributed by atoms with E-state index in [2.05, 4.69) is 302 Å². The summed E-state index contributed by atoms with van der Waals surface area (Å²) in [7, 11) is 0. The molecule has 0 saturated heterocycles. The Labute approximate surface area is 606 Å². The van der Waals surface area contributed by atoms with Crippen molar-refractivity contribution >= 4 is 73.0 Å². The molecule has 5 heteroatoms. The molecule has 0 atom stereocenters. The van der Waals surface area contributed by atoms with Crippen molar-refractivity contribution < 1.29 is 4.74 Å². The molecule has 524 valence electrons. The minimum Gasteiger partial charge on any atom is -0.453 e. The lowest BCUT2D eigenvalue weighted by Crippen LogP contribution is -2.18. The van der Waals surface area contributed by atoms with Crippen LogP contribution in [0, 0.1) is 27.7 Å². The van der Waals surface area contributed by atoms with Crippen LogP contribution in [-0.2, 0) is 6.42 Å². The maximum absolute atomic E-state index is 6.01. The normalized spacial score (nSPS) is 10.1. The lowest BCUT2D eigenvalue weighted by Gasteiger charge is -2.33. The van der Waals surface area contributed by atoms with Gasteiger partial charge in [-0.2, -0.15) is 0 Å². The van der Waals surface area contributed by atoms with Crippen molar-refractivity contribution in [2.75, 3.05) is 14.7 Å². The first kappa shape index (κ1) is 83.9. The molecular weight excluding hydrogens is 1210 g/mol. The monoisotopic (exact) mass is 1330 g/mol. The largest absolute Gasteiger partial charge is 0.453 e. The average molecular weight is 1330 g/mol. The summed E-state index contributed by atoms with van der Waals surface area (Å²) in [6, 6.07) is 106. The van der Waals surface area contributed by atoms with Crippen molar-refractivity contribution in [1.29, 1.82) is 0 Å². The van der Waals surface area contributed by atoms with E-state index in [1.54, 1.807) is 0 Å². The van der Waals surface area contributed by atoms with Crippen LogP contribution in [0.2, 0.25) is 0 Å². The van der Waals surface area contributed by atoms with Gasteiger partial charge in [-0.25, -0.2) is 0 Å². The van der Waals surface area contributed by atoms with Crippen LogP contribution in [0.3, 0.4) is 0 Å². The fourth-order valence-corrected chi connectivity index (χ4v) is 10.9. The SMILES string of the molecule is CC.CC.CC.CC.CC.CC.CC.CC.CC.Cc1ccc(-n2c3ccccc3c3ccccc32)cc1.Cc1ccc(N(c2ccccc2)c2ccccc2)cc1.Cc1ccc(N2c3ccccc3Cc3ccccc32)cc1.Cc1ccc(N2c3ccccc3Oc3ccccc32)cc1. The maximum Gasteiger partial charge on any atom is 0.151 e. The average Bonchev–Trinajstić information content (AvgIpc) is 1.25. The van der Waals surface area contributed by atoms with Crippen LogP contribution in [-0.4, -0.2) is 4.57 Å². The number of rotatable bonds is 6. The number of hydrogen-bond donors (Lipinski definition) is 0. The van der Waals surface area contributed by atoms with E-state index in [0.29, 0.717) is 0 Å². The van der Waals surface area contributed by atoms with Crippen LogP contribution in [0.1, 0.15) is 158 Å². The predicted molar refractivity (Wildman–Crippen MR) is 448 cm³/mol. The summed E-state index contributed by atoms with van der Waals surface area (Å²) >= 11 is 0. The Morgan fingerprint density at radius 1 is 0.240 bits per heavy atom. The third kappa shape index (κ3) is 22.3. The lowest BCUT2D eigenvalue weighted by atomic mass is 9.95. The highest BCUT2D eigenvalue weighted by Gasteiger charge is 2.26. The molecule has 1 aromatic heterocycles. The Hall–Kier alpha value is -10.4. The maximum atomic E-state index is 6.01. The molecule has 0 aliphatic carbocycles. The molecule has 0 saturated carbocycles. The van der Waals surface area contributed by atoms with Gasteiger partial charge in [-0.3, -0.25) is 0 Å². The standard InChI is InChI=1S/C20H17N.C19H15NO.C19H15N.C19H17N.9C2H6/c1-15-10-12-18(13-11-15)21-19-8-4-2-6-16(19)14-17-7-3-5-9-20(17)21;1-14-10-12-15(13-11-14)20-16-6-2-4-8-18(16)21-19-9-5-3-7-17(19)20;1-14-10-12-15(13-11-14)20-18-8-4-2-6-16(18)17-7-3-5-9-19(17)20;1-16-12-14-19(15-13-16)20(17-8-4-2-5-9-17)18-10-6-3-7-11-18;9*1-2/h2-13H,14H2,1H3;2-13H,1H3;2-13H,1H3;2-15H,1H3;9*1-2H3. The molecule has 5 nitrogen and oxygen atoms in total. The fourth-order valence-electron chi connectivity index (χ4n) is 10.9. The molecule has 13 aromatic rings. The van der Waals surface area contributed by atoms with Gasteiger partial charge in [0.15, 0.2) is 11.5 Å². The van der Waals surface area contributed by atoms with E-state index in [1.165, 1.54) is 95.0 Å². The molecule has 3 heterocycles. The van der Waals surface area contributed by atoms with E-state index in [1.807, 2.05) is 173 Å². The summed E-state index contributed by atoms with van der Waals surface area (Å²) in [6.45, 7) is 44.5. The van der Waals surface area contributed by atoms with Crippen molar-refractivity contribution in [2.24, 2.45) is 0 Å². The third-order valence-electron chi connectivity index (χ3n) is 15.1. The number of nitrogens with zero attached hydrogens (tertiary/aromatic N) is 4. The molecule has 0 amide bonds. The summed E-state index contributed by atoms with van der Waals surface area (Å²) in [5, 5.41) is 2.62. The highest BCUT2D eigenvalue weighted by molar-refractivity contribution is 6.09. The highest BCUT2D eigenvalue weighted by Crippen LogP contribution is 2.50. The third-order valence-corrected chi connectivity index (χ3v) is 15.1. The van der Waals surface area contributed by atoms with Crippen LogP contribution in [0.25, 0.3) is 27.5 Å². The Bertz CT molecular complexity index is 3930. The minimum absolute atomic E-state index is 0.886. The van der Waals surface area contributed by atoms with Gasteiger partial charge < -0.3 is 24.0 Å². The first-order valence-electron chi connectivity index (χ1n) is 37.1. The van der Waals surface area contributed by atoms with Crippen molar-refractivity contribution in [3.8, 4) is 17.2 Å². The minimum atomic E-state index is 0.886. The molecule has 12 aromatic carbocycles. The van der Waals surface area contributed by atoms with Crippen molar-refractivity contribution in [3.05, 3.63) is 337 Å². The number of hydrogen-bond acceptors (Lipinski definition) is 4. The Morgan fingerprint density at radius 2 is 0.500 bits per heavy atom. The first-order valence-corrected chi connectivity index (χ1v) is 37.1. The number of benzene rings is 12. The van der Waals surface area contributed by atoms with Gasteiger partial charge in [0.1, 0.15) is 0 Å². The van der Waals surface area contributed by atoms with E-state index in [4.69, 9.17) is 4.74 Å². The van der Waals surface area contributed by atoms with E-state index >= 15 is 0 Å². The van der Waals surface area contributed by atoms with Gasteiger partial charge >= 0.3 is 0 Å². The Morgan fingerprint density at radius 3 is 0.860 bits per heavy atom. The van der Waals surface area contributed by atoms with Crippen molar-refractivity contribution in [2.45, 2.75) is 159 Å². The number of para-hydroxylation sites is 10. The number of ether oxygens (including phenoxy) is 1. The van der Waals surface area contributed by atoms with Crippen LogP contribution in [0.15, 0.2) is 303 Å². The smallest absolute Gasteiger partial charge is 0.151 e. The van der Waals surface area contributed by atoms with Crippen LogP contribution < -0.4 is 19.4 Å². The second kappa shape index (κ2) is 47.6. The van der Waals surface area contributed by atoms with Crippen LogP contribution in [0.5, 0.6) is 11.5 Å². The van der Waals surface area contributed by atoms with E-state index in [0.717, 1.165) is 35.0 Å². The predicted octanol–water partition coefficient (Wildman–Crippen LogP) is 30.7. The van der Waals surface area contributed by atoms with Gasteiger partial charge in [-0.15, -0.1) is 0 Å². The van der Waals surface area contributed by atoms with Crippen LogP contribution in [0.4, 0.5) is 51.2 Å². The molecule has 0 unspecified atom stereocenters. The molecule has 100 heavy (non-hydrogen) atoms.